The van der Waals surface area contributed by atoms with Crippen LogP contribution in [0.4, 0.5) is 0 Å². The lowest BCUT2D eigenvalue weighted by atomic mass is 9.92. The van der Waals surface area contributed by atoms with Crippen molar-refractivity contribution in [2.24, 2.45) is 0 Å². The van der Waals surface area contributed by atoms with Crippen LogP contribution in [0.15, 0.2) is 18.2 Å². The van der Waals surface area contributed by atoms with E-state index in [1.807, 2.05) is 6.07 Å². The van der Waals surface area contributed by atoms with Gasteiger partial charge in [-0.3, -0.25) is 0 Å². The van der Waals surface area contributed by atoms with E-state index in [-0.39, 0.29) is 0 Å². The van der Waals surface area contributed by atoms with Crippen LogP contribution in [0.3, 0.4) is 0 Å². The average molecular weight is 214 g/mol. The maximum atomic E-state index is 5.29. The molecule has 0 bridgehead atoms. The predicted molar refractivity (Wildman–Crippen MR) is 69.4 cm³/mol. The van der Waals surface area contributed by atoms with E-state index >= 15 is 0 Å². The molecule has 2 aromatic carbocycles. The van der Waals surface area contributed by atoms with Crippen LogP contribution in [-0.4, -0.2) is 7.11 Å². The van der Waals surface area contributed by atoms with E-state index in [2.05, 4.69) is 39.8 Å². The molecule has 0 aliphatic carbocycles. The van der Waals surface area contributed by atoms with Crippen molar-refractivity contribution in [2.75, 3.05) is 7.11 Å². The minimum absolute atomic E-state index is 0.929. The molecule has 0 aliphatic heterocycles. The topological polar surface area (TPSA) is 9.23 Å². The molecule has 0 unspecified atom stereocenters. The van der Waals surface area contributed by atoms with Crippen molar-refractivity contribution >= 4 is 10.8 Å². The predicted octanol–water partition coefficient (Wildman–Crippen LogP) is 4.08. The Bertz CT molecular complexity index is 553. The van der Waals surface area contributed by atoms with Crippen LogP contribution >= 0.6 is 0 Å². The Morgan fingerprint density at radius 3 is 1.88 bits per heavy atom. The summed E-state index contributed by atoms with van der Waals surface area (Å²) in [6.45, 7) is 8.76. The van der Waals surface area contributed by atoms with Gasteiger partial charge in [-0.15, -0.1) is 0 Å². The first-order valence-corrected chi connectivity index (χ1v) is 5.60. The van der Waals surface area contributed by atoms with Crippen LogP contribution in [-0.2, 0) is 0 Å². The number of aryl methyl sites for hydroxylation is 2. The van der Waals surface area contributed by atoms with E-state index in [0.29, 0.717) is 0 Å². The maximum absolute atomic E-state index is 5.29. The first-order chi connectivity index (χ1) is 7.56. The highest BCUT2D eigenvalue weighted by molar-refractivity contribution is 5.91. The van der Waals surface area contributed by atoms with Crippen molar-refractivity contribution in [3.63, 3.8) is 0 Å². The van der Waals surface area contributed by atoms with E-state index in [0.717, 1.165) is 5.75 Å². The Morgan fingerprint density at radius 2 is 1.31 bits per heavy atom. The molecule has 2 aromatic rings. The average Bonchev–Trinajstić information content (AvgIpc) is 2.33. The van der Waals surface area contributed by atoms with Crippen LogP contribution < -0.4 is 4.74 Å². The molecule has 0 saturated carbocycles. The molecular weight excluding hydrogens is 196 g/mol. The molecule has 0 amide bonds. The molecule has 0 aliphatic rings. The quantitative estimate of drug-likeness (QED) is 0.695. The Balaban J connectivity index is 2.91. The second kappa shape index (κ2) is 3.82. The second-order valence-corrected chi connectivity index (χ2v) is 4.41. The summed E-state index contributed by atoms with van der Waals surface area (Å²) in [5.41, 5.74) is 5.52. The number of hydrogen-bond donors (Lipinski definition) is 0. The van der Waals surface area contributed by atoms with Gasteiger partial charge in [-0.2, -0.15) is 0 Å². The van der Waals surface area contributed by atoms with E-state index in [4.69, 9.17) is 4.74 Å². The highest BCUT2D eigenvalue weighted by Crippen LogP contribution is 2.31. The van der Waals surface area contributed by atoms with Gasteiger partial charge in [-0.05, 0) is 72.9 Å². The van der Waals surface area contributed by atoms with Crippen molar-refractivity contribution in [2.45, 2.75) is 27.7 Å². The van der Waals surface area contributed by atoms with Gasteiger partial charge in [0.05, 0.1) is 7.11 Å². The van der Waals surface area contributed by atoms with Crippen LogP contribution in [0.5, 0.6) is 5.75 Å². The molecule has 1 heteroatoms. The summed E-state index contributed by atoms with van der Waals surface area (Å²) in [6.07, 6.45) is 0. The SMILES string of the molecule is COc1ccc2c(C)c(C)c(C)c(C)c2c1. The third-order valence-corrected chi connectivity index (χ3v) is 3.72. The number of methoxy groups -OCH3 is 1. The van der Waals surface area contributed by atoms with Crippen molar-refractivity contribution in [3.05, 3.63) is 40.5 Å². The van der Waals surface area contributed by atoms with Gasteiger partial charge in [0, 0.05) is 0 Å². The zero-order valence-corrected chi connectivity index (χ0v) is 10.6. The minimum Gasteiger partial charge on any atom is -0.497 e. The molecule has 0 spiro atoms. The van der Waals surface area contributed by atoms with Gasteiger partial charge in [0.2, 0.25) is 0 Å². The minimum atomic E-state index is 0.929. The van der Waals surface area contributed by atoms with Gasteiger partial charge in [0.15, 0.2) is 0 Å². The molecule has 0 N–H and O–H groups in total. The van der Waals surface area contributed by atoms with Gasteiger partial charge in [-0.1, -0.05) is 6.07 Å². The van der Waals surface area contributed by atoms with Crippen LogP contribution in [0.25, 0.3) is 10.8 Å². The van der Waals surface area contributed by atoms with Crippen molar-refractivity contribution in [3.8, 4) is 5.75 Å². The van der Waals surface area contributed by atoms with Crippen molar-refractivity contribution in [1.82, 2.24) is 0 Å². The van der Waals surface area contributed by atoms with Crippen molar-refractivity contribution < 1.29 is 4.74 Å². The lowest BCUT2D eigenvalue weighted by Crippen LogP contribution is -1.94. The summed E-state index contributed by atoms with van der Waals surface area (Å²) in [4.78, 5) is 0. The lowest BCUT2D eigenvalue weighted by molar-refractivity contribution is 0.415. The largest absolute Gasteiger partial charge is 0.497 e. The maximum Gasteiger partial charge on any atom is 0.119 e. The van der Waals surface area contributed by atoms with Crippen LogP contribution in [0, 0.1) is 27.7 Å². The molecule has 0 aromatic heterocycles. The zero-order valence-electron chi connectivity index (χ0n) is 10.6. The van der Waals surface area contributed by atoms with E-state index in [9.17, 15) is 0 Å². The Hall–Kier alpha value is -1.50. The second-order valence-electron chi connectivity index (χ2n) is 4.41. The number of hydrogen-bond acceptors (Lipinski definition) is 1. The molecule has 0 atom stereocenters. The van der Waals surface area contributed by atoms with Crippen molar-refractivity contribution in [1.29, 1.82) is 0 Å². The molecule has 84 valence electrons. The monoisotopic (exact) mass is 214 g/mol. The fourth-order valence-corrected chi connectivity index (χ4v) is 2.25. The zero-order chi connectivity index (χ0) is 11.9. The Morgan fingerprint density at radius 1 is 0.750 bits per heavy atom. The molecule has 0 fully saturated rings. The first-order valence-electron chi connectivity index (χ1n) is 5.60. The highest BCUT2D eigenvalue weighted by Gasteiger charge is 2.09. The molecule has 1 nitrogen and oxygen atoms in total. The number of benzene rings is 2. The first kappa shape index (κ1) is 11.0. The van der Waals surface area contributed by atoms with Crippen LogP contribution in [0.2, 0.25) is 0 Å². The van der Waals surface area contributed by atoms with Gasteiger partial charge < -0.3 is 4.74 Å². The summed E-state index contributed by atoms with van der Waals surface area (Å²) in [5.74, 6) is 0.929. The summed E-state index contributed by atoms with van der Waals surface area (Å²) < 4.78 is 5.29. The molecule has 0 radical (unpaired) electrons. The van der Waals surface area contributed by atoms with Gasteiger partial charge in [0.1, 0.15) is 5.75 Å². The molecule has 0 heterocycles. The number of fused-ring (bicyclic) bond motifs is 1. The van der Waals surface area contributed by atoms with E-state index < -0.39 is 0 Å². The normalized spacial score (nSPS) is 10.8. The fraction of sp³-hybridized carbons (Fsp3) is 0.333. The molecule has 16 heavy (non-hydrogen) atoms. The Kier molecular flexibility index (Phi) is 2.63. The van der Waals surface area contributed by atoms with E-state index in [1.54, 1.807) is 7.11 Å². The smallest absolute Gasteiger partial charge is 0.119 e. The van der Waals surface area contributed by atoms with Gasteiger partial charge in [-0.25, -0.2) is 0 Å². The molecular formula is C15H18O. The summed E-state index contributed by atoms with van der Waals surface area (Å²) in [5, 5.41) is 2.64. The van der Waals surface area contributed by atoms with E-state index in [1.165, 1.54) is 33.0 Å². The number of ether oxygens (including phenoxy) is 1. The Labute approximate surface area is 97.1 Å². The summed E-state index contributed by atoms with van der Waals surface area (Å²) in [6, 6.07) is 6.32. The highest BCUT2D eigenvalue weighted by atomic mass is 16.5. The number of rotatable bonds is 1. The van der Waals surface area contributed by atoms with Gasteiger partial charge in [0.25, 0.3) is 0 Å². The third-order valence-electron chi connectivity index (χ3n) is 3.72. The third kappa shape index (κ3) is 1.47. The lowest BCUT2D eigenvalue weighted by Gasteiger charge is -2.14. The molecule has 0 saturated heterocycles. The summed E-state index contributed by atoms with van der Waals surface area (Å²) in [7, 11) is 1.71. The standard InChI is InChI=1S/C15H18O/c1-9-10(2)12(4)15-8-13(16-5)6-7-14(15)11(9)3/h6-8H,1-5H3. The van der Waals surface area contributed by atoms with Crippen LogP contribution in [0.1, 0.15) is 22.3 Å². The van der Waals surface area contributed by atoms with Gasteiger partial charge >= 0.3 is 0 Å². The summed E-state index contributed by atoms with van der Waals surface area (Å²) >= 11 is 0. The molecule has 2 rings (SSSR count). The fourth-order valence-electron chi connectivity index (χ4n) is 2.25.